The minimum Gasteiger partial charge on any atom is -0.242 e. The normalized spacial score (nSPS) is 37.0. The Morgan fingerprint density at radius 3 is 1.43 bits per heavy atom. The van der Waals surface area contributed by atoms with Crippen molar-refractivity contribution in [2.45, 2.75) is 131 Å². The fraction of sp³-hybridized carbons (Fsp3) is 0.692. The van der Waals surface area contributed by atoms with E-state index in [4.69, 9.17) is 0 Å². The zero-order valence-corrected chi connectivity index (χ0v) is 30.3. The Morgan fingerprint density at radius 2 is 1.06 bits per heavy atom. The summed E-state index contributed by atoms with van der Waals surface area (Å²) >= 11 is 0. The molecular formula is C39H48F6NOPS. The van der Waals surface area contributed by atoms with E-state index >= 15 is 0 Å². The molecule has 8 aliphatic rings. The van der Waals surface area contributed by atoms with Gasteiger partial charge in [0.25, 0.3) is 0 Å². The first-order valence-corrected chi connectivity index (χ1v) is 20.8. The largest absolute Gasteiger partial charge is 0.416 e. The molecule has 10 rings (SSSR count). The Labute approximate surface area is 290 Å². The Morgan fingerprint density at radius 1 is 0.673 bits per heavy atom. The average molecular weight is 724 g/mol. The van der Waals surface area contributed by atoms with Crippen molar-refractivity contribution in [3.8, 4) is 0 Å². The predicted molar refractivity (Wildman–Crippen MR) is 184 cm³/mol. The maximum Gasteiger partial charge on any atom is 0.416 e. The first-order chi connectivity index (χ1) is 22.9. The number of halogens is 6. The van der Waals surface area contributed by atoms with Crippen LogP contribution in [0.1, 0.15) is 126 Å². The highest BCUT2D eigenvalue weighted by Gasteiger charge is 2.63. The molecular weight excluding hydrogens is 675 g/mol. The minimum absolute atomic E-state index is 0.129. The van der Waals surface area contributed by atoms with Gasteiger partial charge in [-0.05, 0) is 178 Å². The van der Waals surface area contributed by atoms with Gasteiger partial charge in [-0.1, -0.05) is 32.2 Å². The molecule has 0 aliphatic heterocycles. The van der Waals surface area contributed by atoms with Crippen LogP contribution in [0.2, 0.25) is 0 Å². The summed E-state index contributed by atoms with van der Waals surface area (Å²) < 4.78 is 102. The van der Waals surface area contributed by atoms with Crippen molar-refractivity contribution >= 4 is 24.2 Å². The minimum atomic E-state index is -4.98. The molecule has 268 valence electrons. The van der Waals surface area contributed by atoms with E-state index in [1.165, 1.54) is 77.0 Å². The van der Waals surface area contributed by atoms with Gasteiger partial charge in [-0.3, -0.25) is 0 Å². The third-order valence-corrected chi connectivity index (χ3v) is 18.6. The van der Waals surface area contributed by atoms with Gasteiger partial charge in [-0.2, -0.15) is 26.3 Å². The standard InChI is InChI=1S/C39H48F6NOPS/c1-35(2,3)49(47)46-34(29-14-30(38(40,41)42)16-31(15-29)39(43,44)45)32-6-4-5-7-33(32)48(36-17-23-8-24(18-36)10-25(9-23)19-36)37-20-26-11-27(21-37)13-28(12-26)22-37/h4-7,14-16,23-28,34,46H,8-13,17-22H2,1-3H3/t23?,24?,25?,26?,27?,28?,34-,36?,37?,48?,49-/m1/s1. The number of benzene rings is 2. The summed E-state index contributed by atoms with van der Waals surface area (Å²) in [4.78, 5) is 0. The number of nitrogens with one attached hydrogen (secondary N) is 1. The van der Waals surface area contributed by atoms with Gasteiger partial charge in [0.2, 0.25) is 0 Å². The van der Waals surface area contributed by atoms with Crippen LogP contribution in [-0.2, 0) is 23.3 Å². The Balaban J connectivity index is 1.34. The lowest BCUT2D eigenvalue weighted by atomic mass is 9.55. The zero-order valence-electron chi connectivity index (χ0n) is 28.6. The van der Waals surface area contributed by atoms with Gasteiger partial charge in [0.15, 0.2) is 0 Å². The molecule has 2 atom stereocenters. The highest BCUT2D eigenvalue weighted by molar-refractivity contribution is 7.84. The van der Waals surface area contributed by atoms with Crippen molar-refractivity contribution in [2.24, 2.45) is 35.5 Å². The van der Waals surface area contributed by atoms with E-state index in [0.717, 1.165) is 17.4 Å². The number of rotatable bonds is 7. The second-order valence-electron chi connectivity index (χ2n) is 17.9. The number of hydrogen-bond donors (Lipinski definition) is 1. The second kappa shape index (κ2) is 11.8. The number of alkyl halides is 6. The molecule has 1 N–H and O–H groups in total. The molecule has 10 heteroatoms. The molecule has 49 heavy (non-hydrogen) atoms. The quantitative estimate of drug-likeness (QED) is 0.224. The van der Waals surface area contributed by atoms with Crippen molar-refractivity contribution in [3.05, 3.63) is 64.7 Å². The van der Waals surface area contributed by atoms with Crippen LogP contribution < -0.4 is 10.0 Å². The second-order valence-corrected chi connectivity index (χ2v) is 23.0. The first kappa shape index (κ1) is 34.6. The van der Waals surface area contributed by atoms with Crippen molar-refractivity contribution < 1.29 is 30.6 Å². The molecule has 0 heterocycles. The van der Waals surface area contributed by atoms with Gasteiger partial charge in [-0.15, -0.1) is 0 Å². The maximum absolute atomic E-state index is 14.3. The Bertz CT molecular complexity index is 1480. The van der Waals surface area contributed by atoms with Gasteiger partial charge in [0, 0.05) is 0 Å². The van der Waals surface area contributed by atoms with Crippen LogP contribution in [0.5, 0.6) is 0 Å². The molecule has 8 fully saturated rings. The Hall–Kier alpha value is -1.44. The highest BCUT2D eigenvalue weighted by Crippen LogP contribution is 2.78. The van der Waals surface area contributed by atoms with Gasteiger partial charge < -0.3 is 0 Å². The summed E-state index contributed by atoms with van der Waals surface area (Å²) in [6, 6.07) is 8.77. The van der Waals surface area contributed by atoms with Crippen molar-refractivity contribution in [2.75, 3.05) is 0 Å². The van der Waals surface area contributed by atoms with Crippen LogP contribution in [0.15, 0.2) is 42.5 Å². The van der Waals surface area contributed by atoms with Crippen LogP contribution in [0, 0.1) is 35.5 Å². The predicted octanol–water partition coefficient (Wildman–Crippen LogP) is 10.9. The molecule has 0 saturated heterocycles. The summed E-state index contributed by atoms with van der Waals surface area (Å²) in [5.41, 5.74) is -2.11. The molecule has 2 aromatic carbocycles. The lowest BCUT2D eigenvalue weighted by Crippen LogP contribution is -2.58. The molecule has 2 nitrogen and oxygen atoms in total. The van der Waals surface area contributed by atoms with E-state index in [0.29, 0.717) is 41.1 Å². The van der Waals surface area contributed by atoms with E-state index < -0.39 is 53.2 Å². The van der Waals surface area contributed by atoms with E-state index in [1.807, 2.05) is 18.2 Å². The molecule has 8 saturated carbocycles. The van der Waals surface area contributed by atoms with Crippen molar-refractivity contribution in [1.29, 1.82) is 0 Å². The van der Waals surface area contributed by atoms with Gasteiger partial charge in [-0.25, -0.2) is 8.93 Å². The summed E-state index contributed by atoms with van der Waals surface area (Å²) in [6.45, 7) is 5.30. The molecule has 0 amide bonds. The van der Waals surface area contributed by atoms with E-state index in [9.17, 15) is 30.6 Å². The molecule has 0 unspecified atom stereocenters. The van der Waals surface area contributed by atoms with Crippen LogP contribution in [0.25, 0.3) is 0 Å². The SMILES string of the molecule is CC(C)(C)[S@@](=O)N[C@H](c1cc(C(F)(F)F)cc(C(F)(F)F)c1)c1ccccc1P(C12CC3CC(CC(C3)C1)C2)C12CC3CC(CC(C3)C1)C2. The summed E-state index contributed by atoms with van der Waals surface area (Å²) in [5.74, 6) is 4.24. The monoisotopic (exact) mass is 723 g/mol. The fourth-order valence-electron chi connectivity index (χ4n) is 12.4. The lowest BCUT2D eigenvalue weighted by Gasteiger charge is -2.67. The summed E-state index contributed by atoms with van der Waals surface area (Å²) in [5, 5.41) is 1.39. The third-order valence-electron chi connectivity index (χ3n) is 13.2. The van der Waals surface area contributed by atoms with Crippen LogP contribution in [0.3, 0.4) is 0 Å². The van der Waals surface area contributed by atoms with Crippen LogP contribution in [0.4, 0.5) is 26.3 Å². The summed E-state index contributed by atoms with van der Waals surface area (Å²) in [6.07, 6.45) is 4.95. The average Bonchev–Trinajstić information content (AvgIpc) is 2.97. The molecule has 8 bridgehead atoms. The van der Waals surface area contributed by atoms with Crippen LogP contribution in [-0.4, -0.2) is 19.3 Å². The van der Waals surface area contributed by atoms with E-state index in [-0.39, 0.29) is 21.9 Å². The molecule has 2 aromatic rings. The lowest BCUT2D eigenvalue weighted by molar-refractivity contribution is -0.143. The zero-order chi connectivity index (χ0) is 34.7. The molecule has 0 spiro atoms. The van der Waals surface area contributed by atoms with Crippen LogP contribution >= 0.6 is 7.92 Å². The van der Waals surface area contributed by atoms with E-state index in [1.54, 1.807) is 20.8 Å². The number of hydrogen-bond acceptors (Lipinski definition) is 1. The molecule has 8 aliphatic carbocycles. The fourth-order valence-corrected chi connectivity index (χ4v) is 18.6. The first-order valence-electron chi connectivity index (χ1n) is 18.3. The smallest absolute Gasteiger partial charge is 0.242 e. The van der Waals surface area contributed by atoms with Gasteiger partial charge in [0.1, 0.15) is 0 Å². The van der Waals surface area contributed by atoms with Gasteiger partial charge in [0.05, 0.1) is 32.9 Å². The third kappa shape index (κ3) is 6.26. The van der Waals surface area contributed by atoms with Gasteiger partial charge >= 0.3 is 12.4 Å². The van der Waals surface area contributed by atoms with Crippen molar-refractivity contribution in [1.82, 2.24) is 4.72 Å². The highest BCUT2D eigenvalue weighted by atomic mass is 32.2. The van der Waals surface area contributed by atoms with Crippen molar-refractivity contribution in [3.63, 3.8) is 0 Å². The molecule has 0 aromatic heterocycles. The topological polar surface area (TPSA) is 29.1 Å². The maximum atomic E-state index is 14.3. The Kier molecular flexibility index (Phi) is 8.33. The van der Waals surface area contributed by atoms with E-state index in [2.05, 4.69) is 10.8 Å². The summed E-state index contributed by atoms with van der Waals surface area (Å²) in [7, 11) is -2.62. The molecule has 0 radical (unpaired) electrons.